The lowest BCUT2D eigenvalue weighted by Gasteiger charge is -2.62. The lowest BCUT2D eigenvalue weighted by molar-refractivity contribution is -0.278. The molecule has 0 aliphatic heterocycles. The molecular weight excluding hydrogens is 623 g/mol. The van der Waals surface area contributed by atoms with Crippen molar-refractivity contribution in [2.75, 3.05) is 11.9 Å². The zero-order valence-electron chi connectivity index (χ0n) is 26.1. The summed E-state index contributed by atoms with van der Waals surface area (Å²) in [5, 5.41) is 10.2. The van der Waals surface area contributed by atoms with Crippen LogP contribution in [0, 0.1) is 17.3 Å². The molecule has 2 unspecified atom stereocenters. The Labute approximate surface area is 268 Å². The highest BCUT2D eigenvalue weighted by Gasteiger charge is 2.67. The van der Waals surface area contributed by atoms with E-state index in [1.165, 1.54) is 35.4 Å². The van der Waals surface area contributed by atoms with Gasteiger partial charge in [0.1, 0.15) is 24.0 Å². The highest BCUT2D eigenvalue weighted by molar-refractivity contribution is 6.36. The Balaban J connectivity index is 1.28. The number of nitrogens with one attached hydrogen (secondary N) is 4. The van der Waals surface area contributed by atoms with Crippen molar-refractivity contribution >= 4 is 35.1 Å². The molecule has 0 radical (unpaired) electrons. The van der Waals surface area contributed by atoms with Crippen molar-refractivity contribution in [1.82, 2.24) is 30.1 Å². The molecule has 4 aliphatic carbocycles. The van der Waals surface area contributed by atoms with Crippen LogP contribution >= 0.6 is 0 Å². The number of halogens is 3. The number of ketones is 1. The highest BCUT2D eigenvalue weighted by Crippen LogP contribution is 2.66. The molecule has 4 N–H and O–H groups in total. The number of rotatable bonds is 12. The van der Waals surface area contributed by atoms with Gasteiger partial charge < -0.3 is 30.4 Å². The molecule has 4 bridgehead atoms. The van der Waals surface area contributed by atoms with Crippen LogP contribution < -0.4 is 26.8 Å². The lowest BCUT2D eigenvalue weighted by atomic mass is 9.46. The Hall–Kier alpha value is -4.50. The fourth-order valence-electron chi connectivity index (χ4n) is 7.93. The van der Waals surface area contributed by atoms with Gasteiger partial charge in [-0.1, -0.05) is 0 Å². The second kappa shape index (κ2) is 13.0. The number of imidazole rings is 1. The summed E-state index contributed by atoms with van der Waals surface area (Å²) in [5.41, 5.74) is -3.67. The summed E-state index contributed by atoms with van der Waals surface area (Å²) in [6.07, 6.45) is 0.591. The van der Waals surface area contributed by atoms with E-state index < -0.39 is 64.7 Å². The Morgan fingerprint density at radius 3 is 2.43 bits per heavy atom. The number of anilines is 1. The quantitative estimate of drug-likeness (QED) is 0.251. The molecule has 4 amide bonds. The second-order valence-electron chi connectivity index (χ2n) is 13.1. The van der Waals surface area contributed by atoms with Crippen molar-refractivity contribution in [2.45, 2.75) is 82.6 Å². The van der Waals surface area contributed by atoms with Gasteiger partial charge in [0.25, 0.3) is 17.4 Å². The third-order valence-electron chi connectivity index (χ3n) is 9.58. The Morgan fingerprint density at radius 2 is 1.81 bits per heavy atom. The molecule has 16 heteroatoms. The van der Waals surface area contributed by atoms with Gasteiger partial charge in [0.2, 0.25) is 17.6 Å². The van der Waals surface area contributed by atoms with E-state index in [0.29, 0.717) is 12.8 Å². The number of hydrogen-bond donors (Lipinski definition) is 4. The topological polar surface area (TPSA) is 173 Å². The molecule has 6 rings (SSSR count). The number of pyridine rings is 1. The average Bonchev–Trinajstić information content (AvgIpc) is 3.41. The van der Waals surface area contributed by atoms with Gasteiger partial charge >= 0.3 is 6.18 Å². The Kier molecular flexibility index (Phi) is 9.33. The van der Waals surface area contributed by atoms with Crippen LogP contribution in [0.4, 0.5) is 18.9 Å². The van der Waals surface area contributed by atoms with E-state index in [4.69, 9.17) is 0 Å². The number of carbonyl (C=O) groups is 5. The van der Waals surface area contributed by atoms with Crippen LogP contribution in [0.25, 0.3) is 0 Å². The first kappa shape index (κ1) is 33.9. The third-order valence-corrected chi connectivity index (χ3v) is 9.58. The maximum atomic E-state index is 14.2. The Bertz CT molecular complexity index is 1620. The van der Waals surface area contributed by atoms with Crippen molar-refractivity contribution in [3.63, 3.8) is 0 Å². The molecule has 254 valence electrons. The van der Waals surface area contributed by atoms with Crippen molar-refractivity contribution in [3.05, 3.63) is 46.9 Å². The normalized spacial score (nSPS) is 25.1. The van der Waals surface area contributed by atoms with Crippen molar-refractivity contribution < 1.29 is 37.1 Å². The molecule has 13 nitrogen and oxygen atoms in total. The van der Waals surface area contributed by atoms with E-state index in [2.05, 4.69) is 26.3 Å². The van der Waals surface area contributed by atoms with E-state index in [1.807, 2.05) is 0 Å². The molecule has 4 saturated carbocycles. The van der Waals surface area contributed by atoms with Gasteiger partial charge in [0, 0.05) is 31.7 Å². The molecule has 2 aromatic rings. The first-order valence-electron chi connectivity index (χ1n) is 15.6. The number of amides is 4. The number of carbonyl (C=O) groups excluding carboxylic acids is 5. The number of hydrogen-bond acceptors (Lipinski definition) is 7. The van der Waals surface area contributed by atoms with Crippen molar-refractivity contribution in [1.29, 1.82) is 0 Å². The van der Waals surface area contributed by atoms with Gasteiger partial charge in [-0.25, -0.2) is 4.98 Å². The van der Waals surface area contributed by atoms with Crippen LogP contribution in [-0.2, 0) is 32.8 Å². The molecule has 2 heterocycles. The minimum absolute atomic E-state index is 0.0788. The molecule has 4 fully saturated rings. The number of Topliss-reactive ketones (excluding diaryl/α,β-unsaturated/α-hetero) is 1. The summed E-state index contributed by atoms with van der Waals surface area (Å²) in [7, 11) is 1.57. The van der Waals surface area contributed by atoms with Gasteiger partial charge in [-0.2, -0.15) is 13.2 Å². The molecule has 0 saturated heterocycles. The zero-order valence-corrected chi connectivity index (χ0v) is 26.1. The van der Waals surface area contributed by atoms with Gasteiger partial charge in [-0.05, 0) is 75.8 Å². The van der Waals surface area contributed by atoms with Gasteiger partial charge in [-0.15, -0.1) is 0 Å². The van der Waals surface area contributed by atoms with Crippen LogP contribution in [0.3, 0.4) is 0 Å². The predicted octanol–water partition coefficient (Wildman–Crippen LogP) is 1.82. The van der Waals surface area contributed by atoms with Crippen LogP contribution in [0.15, 0.2) is 35.6 Å². The largest absolute Gasteiger partial charge is 0.394 e. The van der Waals surface area contributed by atoms with E-state index in [1.54, 1.807) is 14.0 Å². The van der Waals surface area contributed by atoms with Gasteiger partial charge in [0.15, 0.2) is 0 Å². The minimum Gasteiger partial charge on any atom is -0.350 e. The van der Waals surface area contributed by atoms with Crippen LogP contribution in [0.1, 0.15) is 68.8 Å². The zero-order chi connectivity index (χ0) is 34.1. The smallest absolute Gasteiger partial charge is 0.350 e. The second-order valence-corrected chi connectivity index (χ2v) is 13.1. The van der Waals surface area contributed by atoms with Gasteiger partial charge in [0.05, 0.1) is 17.9 Å². The van der Waals surface area contributed by atoms with Crippen molar-refractivity contribution in [2.24, 2.45) is 24.3 Å². The summed E-state index contributed by atoms with van der Waals surface area (Å²) in [6.45, 7) is 1.37. The number of alkyl halides is 3. The molecule has 0 aromatic carbocycles. The van der Waals surface area contributed by atoms with Crippen molar-refractivity contribution in [3.8, 4) is 0 Å². The summed E-state index contributed by atoms with van der Waals surface area (Å²) in [4.78, 5) is 80.8. The molecule has 4 aliphatic rings. The molecule has 3 atom stereocenters. The summed E-state index contributed by atoms with van der Waals surface area (Å²) in [5.74, 6) is -4.03. The maximum absolute atomic E-state index is 14.2. The first-order chi connectivity index (χ1) is 22.1. The number of aromatic nitrogens is 3. The lowest BCUT2D eigenvalue weighted by Crippen LogP contribution is -2.66. The number of nitrogens with zero attached hydrogens (tertiary/aromatic N) is 3. The summed E-state index contributed by atoms with van der Waals surface area (Å²) >= 11 is 0. The molecule has 2 aromatic heterocycles. The molecular formula is C31H38F3N7O6. The SMILES string of the molecule is CCNC(=O)C(=O)CC[C@H](NC(=O)c1cncn1C)C(=O)Nc1cccn(CC(=O)NC23CC4CC(C2)CC(C(F)(F)F)(C4)C3)c1=O. The molecule has 0 spiro atoms. The summed E-state index contributed by atoms with van der Waals surface area (Å²) in [6, 6.07) is 1.36. The van der Waals surface area contributed by atoms with E-state index >= 15 is 0 Å². The van der Waals surface area contributed by atoms with Gasteiger partial charge in [-0.3, -0.25) is 28.8 Å². The fourth-order valence-corrected chi connectivity index (χ4v) is 7.93. The van der Waals surface area contributed by atoms with E-state index in [-0.39, 0.29) is 61.9 Å². The predicted molar refractivity (Wildman–Crippen MR) is 161 cm³/mol. The highest BCUT2D eigenvalue weighted by atomic mass is 19.4. The minimum atomic E-state index is -4.37. The number of aryl methyl sites for hydroxylation is 1. The van der Waals surface area contributed by atoms with Crippen LogP contribution in [-0.4, -0.2) is 67.8 Å². The summed E-state index contributed by atoms with van der Waals surface area (Å²) < 4.78 is 45.0. The third kappa shape index (κ3) is 7.10. The van der Waals surface area contributed by atoms with E-state index in [0.717, 1.165) is 11.0 Å². The molecule has 47 heavy (non-hydrogen) atoms. The standard InChI is InChI=1S/C31H38F3N7O6/c1-3-36-27(46)23(42)7-6-20(37-26(45)22-14-35-17-40(22)2)25(44)38-21-5-4-8-41(28(21)47)15-24(43)39-30-12-18-9-19(13-30)11-29(10-18,16-30)31(32,33)34/h4-5,8,14,17-20H,3,6-7,9-13,15-16H2,1-2H3,(H,36,46)(H,37,45)(H,38,44)(H,39,43)/t18?,19?,20-,29?,30?/m0/s1. The van der Waals surface area contributed by atoms with Crippen LogP contribution in [0.5, 0.6) is 0 Å². The monoisotopic (exact) mass is 661 g/mol. The fraction of sp³-hybridized carbons (Fsp3) is 0.581. The Morgan fingerprint density at radius 1 is 1.11 bits per heavy atom. The average molecular weight is 662 g/mol. The maximum Gasteiger partial charge on any atom is 0.394 e. The van der Waals surface area contributed by atoms with E-state index in [9.17, 15) is 41.9 Å². The number of likely N-dealkylation sites (N-methyl/N-ethyl adjacent to an activating group) is 1. The van der Waals surface area contributed by atoms with Crippen LogP contribution in [0.2, 0.25) is 0 Å². The first-order valence-corrected chi connectivity index (χ1v) is 15.6.